The van der Waals surface area contributed by atoms with E-state index >= 15 is 0 Å². The zero-order valence-electron chi connectivity index (χ0n) is 11.0. The molecule has 1 aromatic rings. The van der Waals surface area contributed by atoms with Crippen LogP contribution >= 0.6 is 0 Å². The number of nitrogens with two attached hydrogens (primary N) is 1. The Balaban J connectivity index is 2.56. The number of hydrogen-bond donors (Lipinski definition) is 3. The normalized spacial score (nSPS) is 10.3. The highest BCUT2D eigenvalue weighted by atomic mass is 16.5. The second kappa shape index (κ2) is 6.63. The third-order valence-electron chi connectivity index (χ3n) is 2.33. The van der Waals surface area contributed by atoms with Crippen molar-refractivity contribution in [3.63, 3.8) is 0 Å². The van der Waals surface area contributed by atoms with Crippen molar-refractivity contribution in [1.82, 2.24) is 5.32 Å². The minimum atomic E-state index is -1.13. The van der Waals surface area contributed by atoms with Crippen molar-refractivity contribution >= 4 is 17.6 Å². The Morgan fingerprint density at radius 1 is 1.42 bits per heavy atom. The van der Waals surface area contributed by atoms with Gasteiger partial charge in [-0.2, -0.15) is 0 Å². The van der Waals surface area contributed by atoms with Crippen LogP contribution in [0.5, 0.6) is 5.75 Å². The molecule has 0 radical (unpaired) electrons. The van der Waals surface area contributed by atoms with Gasteiger partial charge in [0.1, 0.15) is 5.75 Å². The fraction of sp³-hybridized carbons (Fsp3) is 0.385. The smallest absolute Gasteiger partial charge is 0.337 e. The second-order valence-electron chi connectivity index (χ2n) is 4.54. The number of nitrogens with one attached hydrogen (secondary N) is 1. The molecule has 0 aliphatic carbocycles. The molecule has 0 saturated carbocycles. The fourth-order valence-electron chi connectivity index (χ4n) is 1.33. The highest BCUT2D eigenvalue weighted by Crippen LogP contribution is 2.19. The number of hydrogen-bond acceptors (Lipinski definition) is 4. The standard InChI is InChI=1S/C13H18N2O4/c1-8(2)6-15-12(16)7-19-9-3-4-11(14)10(5-9)13(17)18/h3-5,8H,6-7,14H2,1-2H3,(H,15,16)(H,17,18). The van der Waals surface area contributed by atoms with Gasteiger partial charge in [0.25, 0.3) is 5.91 Å². The van der Waals surface area contributed by atoms with Crippen LogP contribution in [0.4, 0.5) is 5.69 Å². The lowest BCUT2D eigenvalue weighted by Crippen LogP contribution is -2.31. The van der Waals surface area contributed by atoms with Crippen LogP contribution in [-0.2, 0) is 4.79 Å². The van der Waals surface area contributed by atoms with Crippen LogP contribution in [0.25, 0.3) is 0 Å². The maximum Gasteiger partial charge on any atom is 0.337 e. The molecule has 0 atom stereocenters. The van der Waals surface area contributed by atoms with E-state index in [0.717, 1.165) is 0 Å². The lowest BCUT2D eigenvalue weighted by Gasteiger charge is -2.10. The van der Waals surface area contributed by atoms with Crippen molar-refractivity contribution < 1.29 is 19.4 Å². The van der Waals surface area contributed by atoms with Crippen LogP contribution in [0.15, 0.2) is 18.2 Å². The minimum absolute atomic E-state index is 0.0416. The molecule has 0 saturated heterocycles. The first kappa shape index (κ1) is 14.8. The average molecular weight is 266 g/mol. The first-order valence-electron chi connectivity index (χ1n) is 5.92. The summed E-state index contributed by atoms with van der Waals surface area (Å²) < 4.78 is 5.21. The number of ether oxygens (including phenoxy) is 1. The van der Waals surface area contributed by atoms with Crippen molar-refractivity contribution in [1.29, 1.82) is 0 Å². The van der Waals surface area contributed by atoms with E-state index in [1.165, 1.54) is 18.2 Å². The fourth-order valence-corrected chi connectivity index (χ4v) is 1.33. The van der Waals surface area contributed by atoms with Crippen molar-refractivity contribution in [3.05, 3.63) is 23.8 Å². The first-order chi connectivity index (χ1) is 8.90. The summed E-state index contributed by atoms with van der Waals surface area (Å²) in [5, 5.41) is 11.6. The molecule has 0 bridgehead atoms. The van der Waals surface area contributed by atoms with Crippen molar-refractivity contribution in [3.8, 4) is 5.75 Å². The molecule has 1 amide bonds. The summed E-state index contributed by atoms with van der Waals surface area (Å²) in [5.41, 5.74) is 5.63. The molecule has 6 nitrogen and oxygen atoms in total. The third kappa shape index (κ3) is 4.87. The summed E-state index contributed by atoms with van der Waals surface area (Å²) in [6, 6.07) is 4.26. The molecule has 1 aromatic carbocycles. The number of nitrogen functional groups attached to an aromatic ring is 1. The zero-order chi connectivity index (χ0) is 14.4. The highest BCUT2D eigenvalue weighted by Gasteiger charge is 2.10. The van der Waals surface area contributed by atoms with E-state index < -0.39 is 5.97 Å². The second-order valence-corrected chi connectivity index (χ2v) is 4.54. The summed E-state index contributed by atoms with van der Waals surface area (Å²) >= 11 is 0. The van der Waals surface area contributed by atoms with Crippen LogP contribution in [0, 0.1) is 5.92 Å². The van der Waals surface area contributed by atoms with Gasteiger partial charge >= 0.3 is 5.97 Å². The lowest BCUT2D eigenvalue weighted by molar-refractivity contribution is -0.123. The molecule has 0 unspecified atom stereocenters. The Bertz CT molecular complexity index is 472. The summed E-state index contributed by atoms with van der Waals surface area (Å²) in [7, 11) is 0. The summed E-state index contributed by atoms with van der Waals surface area (Å²) in [6.45, 7) is 4.39. The number of amides is 1. The molecule has 0 heterocycles. The molecule has 0 aliphatic heterocycles. The number of carboxylic acid groups (broad SMARTS) is 1. The molecule has 1 rings (SSSR count). The Labute approximate surface area is 111 Å². The lowest BCUT2D eigenvalue weighted by atomic mass is 10.2. The molecular formula is C13H18N2O4. The predicted octanol–water partition coefficient (Wildman–Crippen LogP) is 1.12. The van der Waals surface area contributed by atoms with Gasteiger partial charge in [-0.25, -0.2) is 4.79 Å². The van der Waals surface area contributed by atoms with Gasteiger partial charge in [-0.15, -0.1) is 0 Å². The number of benzene rings is 1. The molecule has 104 valence electrons. The van der Waals surface area contributed by atoms with Crippen LogP contribution in [-0.4, -0.2) is 30.1 Å². The number of carbonyl (C=O) groups is 2. The Hall–Kier alpha value is -2.24. The number of rotatable bonds is 6. The number of carboxylic acids is 1. The molecule has 0 aromatic heterocycles. The van der Waals surface area contributed by atoms with E-state index in [1.54, 1.807) is 0 Å². The number of anilines is 1. The average Bonchev–Trinajstić information content (AvgIpc) is 2.35. The van der Waals surface area contributed by atoms with Crippen molar-refractivity contribution in [2.45, 2.75) is 13.8 Å². The van der Waals surface area contributed by atoms with E-state index in [1.807, 2.05) is 13.8 Å². The van der Waals surface area contributed by atoms with Crippen molar-refractivity contribution in [2.24, 2.45) is 5.92 Å². The number of carbonyl (C=O) groups excluding carboxylic acids is 1. The van der Waals surface area contributed by atoms with Gasteiger partial charge in [-0.1, -0.05) is 13.8 Å². The Morgan fingerprint density at radius 3 is 2.68 bits per heavy atom. The van der Waals surface area contributed by atoms with E-state index in [-0.39, 0.29) is 23.8 Å². The Morgan fingerprint density at radius 2 is 2.11 bits per heavy atom. The van der Waals surface area contributed by atoms with E-state index in [9.17, 15) is 9.59 Å². The maximum atomic E-state index is 11.4. The van der Waals surface area contributed by atoms with Gasteiger partial charge in [-0.05, 0) is 24.1 Å². The molecule has 6 heteroatoms. The summed E-state index contributed by atoms with van der Waals surface area (Å²) in [4.78, 5) is 22.3. The predicted molar refractivity (Wildman–Crippen MR) is 71.2 cm³/mol. The van der Waals surface area contributed by atoms with Crippen molar-refractivity contribution in [2.75, 3.05) is 18.9 Å². The molecular weight excluding hydrogens is 248 g/mol. The Kier molecular flexibility index (Phi) is 5.17. The summed E-state index contributed by atoms with van der Waals surface area (Å²) in [5.74, 6) is -0.722. The largest absolute Gasteiger partial charge is 0.484 e. The van der Waals surface area contributed by atoms with Gasteiger partial charge in [0.2, 0.25) is 0 Å². The SMILES string of the molecule is CC(C)CNC(=O)COc1ccc(N)c(C(=O)O)c1. The van der Waals surface area contributed by atoms with Crippen LogP contribution in [0.3, 0.4) is 0 Å². The van der Waals surface area contributed by atoms with Crippen LogP contribution < -0.4 is 15.8 Å². The molecule has 0 fully saturated rings. The zero-order valence-corrected chi connectivity index (χ0v) is 11.0. The summed E-state index contributed by atoms with van der Waals surface area (Å²) in [6.07, 6.45) is 0. The van der Waals surface area contributed by atoms with E-state index in [2.05, 4.69) is 5.32 Å². The highest BCUT2D eigenvalue weighted by molar-refractivity contribution is 5.94. The van der Waals surface area contributed by atoms with Gasteiger partial charge in [-0.3, -0.25) is 4.79 Å². The van der Waals surface area contributed by atoms with Gasteiger partial charge in [0.15, 0.2) is 6.61 Å². The number of aromatic carboxylic acids is 1. The first-order valence-corrected chi connectivity index (χ1v) is 5.92. The molecule has 0 spiro atoms. The topological polar surface area (TPSA) is 102 Å². The van der Waals surface area contributed by atoms with Crippen LogP contribution in [0.2, 0.25) is 0 Å². The van der Waals surface area contributed by atoms with E-state index in [0.29, 0.717) is 18.2 Å². The molecule has 19 heavy (non-hydrogen) atoms. The van der Waals surface area contributed by atoms with E-state index in [4.69, 9.17) is 15.6 Å². The van der Waals surface area contributed by atoms with Gasteiger partial charge in [0, 0.05) is 12.2 Å². The van der Waals surface area contributed by atoms with Gasteiger partial charge < -0.3 is 20.9 Å². The maximum absolute atomic E-state index is 11.4. The monoisotopic (exact) mass is 266 g/mol. The van der Waals surface area contributed by atoms with Crippen LogP contribution in [0.1, 0.15) is 24.2 Å². The molecule has 4 N–H and O–H groups in total. The third-order valence-corrected chi connectivity index (χ3v) is 2.33. The molecule has 0 aliphatic rings. The quantitative estimate of drug-likeness (QED) is 0.670. The van der Waals surface area contributed by atoms with Gasteiger partial charge in [0.05, 0.1) is 5.56 Å². The minimum Gasteiger partial charge on any atom is -0.484 e.